The molecule has 1 aliphatic rings. The Morgan fingerprint density at radius 2 is 2.05 bits per heavy atom. The number of carbonyl (C=O) groups excluding carboxylic acids is 1. The van der Waals surface area contributed by atoms with Gasteiger partial charge in [0.2, 0.25) is 0 Å². The van der Waals surface area contributed by atoms with Crippen LogP contribution in [0.3, 0.4) is 0 Å². The van der Waals surface area contributed by atoms with Gasteiger partial charge in [-0.1, -0.05) is 29.8 Å². The molecule has 1 fully saturated rings. The monoisotopic (exact) mass is 309 g/mol. The number of hydrogen-bond acceptors (Lipinski definition) is 2. The standard InChI is InChI=1S/C16H24ClN3O/c1-19-11-8-14(9-12-19)20(2)16(21)18-10-7-13-5-3-4-6-15(13)17/h3-6,14H,7-12H2,1-2H3,(H,18,21). The normalized spacial score (nSPS) is 16.7. The van der Waals surface area contributed by atoms with Crippen molar-refractivity contribution in [3.8, 4) is 0 Å². The second kappa shape index (κ2) is 7.66. The fourth-order valence-electron chi connectivity index (χ4n) is 2.68. The van der Waals surface area contributed by atoms with Crippen molar-refractivity contribution in [2.45, 2.75) is 25.3 Å². The SMILES string of the molecule is CN1CCC(N(C)C(=O)NCCc2ccccc2Cl)CC1. The van der Waals surface area contributed by atoms with E-state index in [0.717, 1.165) is 42.9 Å². The minimum Gasteiger partial charge on any atom is -0.338 e. The minimum atomic E-state index is 0.0107. The summed E-state index contributed by atoms with van der Waals surface area (Å²) in [6, 6.07) is 8.11. The molecule has 116 valence electrons. The molecule has 21 heavy (non-hydrogen) atoms. The first-order valence-corrected chi connectivity index (χ1v) is 7.88. The maximum Gasteiger partial charge on any atom is 0.317 e. The zero-order valence-corrected chi connectivity index (χ0v) is 13.6. The molecule has 1 N–H and O–H groups in total. The van der Waals surface area contributed by atoms with Crippen molar-refractivity contribution in [1.29, 1.82) is 0 Å². The van der Waals surface area contributed by atoms with E-state index in [4.69, 9.17) is 11.6 Å². The number of carbonyl (C=O) groups is 1. The Bertz CT molecular complexity index is 472. The molecule has 1 aliphatic heterocycles. The molecule has 1 saturated heterocycles. The number of piperidine rings is 1. The van der Waals surface area contributed by atoms with E-state index in [1.165, 1.54) is 0 Å². The van der Waals surface area contributed by atoms with Crippen molar-refractivity contribution >= 4 is 17.6 Å². The Hall–Kier alpha value is -1.26. The van der Waals surface area contributed by atoms with Gasteiger partial charge in [0.1, 0.15) is 0 Å². The van der Waals surface area contributed by atoms with Gasteiger partial charge in [0.15, 0.2) is 0 Å². The summed E-state index contributed by atoms with van der Waals surface area (Å²) in [5.74, 6) is 0. The zero-order chi connectivity index (χ0) is 15.2. The van der Waals surface area contributed by atoms with E-state index in [1.54, 1.807) is 0 Å². The molecule has 0 radical (unpaired) electrons. The Kier molecular flexibility index (Phi) is 5.88. The minimum absolute atomic E-state index is 0.0107. The number of rotatable bonds is 4. The first-order chi connectivity index (χ1) is 10.1. The maximum absolute atomic E-state index is 12.2. The predicted octanol–water partition coefficient (Wildman–Crippen LogP) is 2.62. The van der Waals surface area contributed by atoms with E-state index in [1.807, 2.05) is 36.2 Å². The third-order valence-corrected chi connectivity index (χ3v) is 4.55. The molecule has 1 aromatic carbocycles. The van der Waals surface area contributed by atoms with Crippen LogP contribution in [0.4, 0.5) is 4.79 Å². The van der Waals surface area contributed by atoms with Crippen LogP contribution in [0.2, 0.25) is 5.02 Å². The molecule has 0 aromatic heterocycles. The maximum atomic E-state index is 12.2. The topological polar surface area (TPSA) is 35.6 Å². The summed E-state index contributed by atoms with van der Waals surface area (Å²) in [5, 5.41) is 3.74. The summed E-state index contributed by atoms with van der Waals surface area (Å²) in [5.41, 5.74) is 1.07. The molecule has 0 bridgehead atoms. The molecule has 0 spiro atoms. The van der Waals surface area contributed by atoms with Gasteiger partial charge in [0.25, 0.3) is 0 Å². The number of urea groups is 1. The van der Waals surface area contributed by atoms with Crippen molar-refractivity contribution in [2.75, 3.05) is 33.7 Å². The zero-order valence-electron chi connectivity index (χ0n) is 12.8. The molecule has 0 atom stereocenters. The molecule has 0 aliphatic carbocycles. The summed E-state index contributed by atoms with van der Waals surface area (Å²) >= 11 is 6.11. The highest BCUT2D eigenvalue weighted by Crippen LogP contribution is 2.16. The Labute approximate surface area is 132 Å². The van der Waals surface area contributed by atoms with Gasteiger partial charge in [0, 0.05) is 24.7 Å². The second-order valence-corrected chi connectivity index (χ2v) is 6.13. The molecule has 0 saturated carbocycles. The van der Waals surface area contributed by atoms with Crippen molar-refractivity contribution in [2.24, 2.45) is 0 Å². The molecule has 2 amide bonds. The van der Waals surface area contributed by atoms with Crippen molar-refractivity contribution in [3.63, 3.8) is 0 Å². The van der Waals surface area contributed by atoms with E-state index in [2.05, 4.69) is 17.3 Å². The Morgan fingerprint density at radius 1 is 1.38 bits per heavy atom. The summed E-state index contributed by atoms with van der Waals surface area (Å²) in [6.45, 7) is 2.73. The first-order valence-electron chi connectivity index (χ1n) is 7.50. The number of nitrogens with one attached hydrogen (secondary N) is 1. The van der Waals surface area contributed by atoms with Crippen LogP contribution in [0.1, 0.15) is 18.4 Å². The third-order valence-electron chi connectivity index (χ3n) is 4.18. The highest BCUT2D eigenvalue weighted by Gasteiger charge is 2.23. The van der Waals surface area contributed by atoms with E-state index in [0.29, 0.717) is 12.6 Å². The lowest BCUT2D eigenvalue weighted by Gasteiger charge is -2.35. The van der Waals surface area contributed by atoms with Gasteiger partial charge in [-0.05, 0) is 51.0 Å². The predicted molar refractivity (Wildman–Crippen MR) is 86.8 cm³/mol. The van der Waals surface area contributed by atoms with Crippen LogP contribution in [0.25, 0.3) is 0 Å². The van der Waals surface area contributed by atoms with Crippen LogP contribution in [-0.4, -0.2) is 55.6 Å². The number of amides is 2. The van der Waals surface area contributed by atoms with Gasteiger partial charge in [-0.3, -0.25) is 0 Å². The van der Waals surface area contributed by atoms with Crippen molar-refractivity contribution in [1.82, 2.24) is 15.1 Å². The highest BCUT2D eigenvalue weighted by molar-refractivity contribution is 6.31. The first kappa shape index (κ1) is 16.1. The molecule has 4 nitrogen and oxygen atoms in total. The molecule has 1 heterocycles. The summed E-state index contributed by atoms with van der Waals surface area (Å²) < 4.78 is 0. The Balaban J connectivity index is 1.75. The molecule has 1 aromatic rings. The quantitative estimate of drug-likeness (QED) is 0.928. The summed E-state index contributed by atoms with van der Waals surface area (Å²) in [6.07, 6.45) is 2.85. The van der Waals surface area contributed by atoms with E-state index < -0.39 is 0 Å². The van der Waals surface area contributed by atoms with Gasteiger partial charge < -0.3 is 15.1 Å². The molecule has 0 unspecified atom stereocenters. The van der Waals surface area contributed by atoms with Crippen molar-refractivity contribution in [3.05, 3.63) is 34.9 Å². The third kappa shape index (κ3) is 4.61. The van der Waals surface area contributed by atoms with Crippen LogP contribution < -0.4 is 5.32 Å². The average Bonchev–Trinajstić information content (AvgIpc) is 2.49. The highest BCUT2D eigenvalue weighted by atomic mass is 35.5. The van der Waals surface area contributed by atoms with Gasteiger partial charge >= 0.3 is 6.03 Å². The number of likely N-dealkylation sites (tertiary alicyclic amines) is 1. The van der Waals surface area contributed by atoms with E-state index in [9.17, 15) is 4.79 Å². The van der Waals surface area contributed by atoms with Gasteiger partial charge in [-0.25, -0.2) is 4.79 Å². The molecular weight excluding hydrogens is 286 g/mol. The van der Waals surface area contributed by atoms with Crippen LogP contribution in [0.5, 0.6) is 0 Å². The van der Waals surface area contributed by atoms with Crippen LogP contribution in [0, 0.1) is 0 Å². The molecular formula is C16H24ClN3O. The second-order valence-electron chi connectivity index (χ2n) is 5.72. The van der Waals surface area contributed by atoms with Crippen LogP contribution >= 0.6 is 11.6 Å². The summed E-state index contributed by atoms with van der Waals surface area (Å²) in [7, 11) is 4.01. The van der Waals surface area contributed by atoms with E-state index >= 15 is 0 Å². The van der Waals surface area contributed by atoms with E-state index in [-0.39, 0.29) is 6.03 Å². The smallest absolute Gasteiger partial charge is 0.317 e. The number of nitrogens with zero attached hydrogens (tertiary/aromatic N) is 2. The fraction of sp³-hybridized carbons (Fsp3) is 0.562. The lowest BCUT2D eigenvalue weighted by molar-refractivity contribution is 0.148. The molecule has 5 heteroatoms. The number of halogens is 1. The number of hydrogen-bond donors (Lipinski definition) is 1. The van der Waals surface area contributed by atoms with Crippen molar-refractivity contribution < 1.29 is 4.79 Å². The summed E-state index contributed by atoms with van der Waals surface area (Å²) in [4.78, 5) is 16.3. The van der Waals surface area contributed by atoms with Crippen LogP contribution in [0.15, 0.2) is 24.3 Å². The van der Waals surface area contributed by atoms with Gasteiger partial charge in [0.05, 0.1) is 0 Å². The number of benzene rings is 1. The lowest BCUT2D eigenvalue weighted by Crippen LogP contribution is -2.48. The van der Waals surface area contributed by atoms with Gasteiger partial charge in [-0.15, -0.1) is 0 Å². The van der Waals surface area contributed by atoms with Gasteiger partial charge in [-0.2, -0.15) is 0 Å². The average molecular weight is 310 g/mol. The lowest BCUT2D eigenvalue weighted by atomic mass is 10.0. The molecule has 2 rings (SSSR count). The fourth-order valence-corrected chi connectivity index (χ4v) is 2.91. The van der Waals surface area contributed by atoms with Crippen LogP contribution in [-0.2, 0) is 6.42 Å². The largest absolute Gasteiger partial charge is 0.338 e. The Morgan fingerprint density at radius 3 is 2.71 bits per heavy atom.